The Bertz CT molecular complexity index is 820. The van der Waals surface area contributed by atoms with Gasteiger partial charge < -0.3 is 14.8 Å². The van der Waals surface area contributed by atoms with Crippen molar-refractivity contribution in [3.8, 4) is 11.5 Å². The van der Waals surface area contributed by atoms with Gasteiger partial charge in [0, 0.05) is 36.7 Å². The van der Waals surface area contributed by atoms with Gasteiger partial charge in [0.1, 0.15) is 11.5 Å². The average molecular weight is 373 g/mol. The van der Waals surface area contributed by atoms with Gasteiger partial charge in [-0.2, -0.15) is 0 Å². The van der Waals surface area contributed by atoms with Crippen LogP contribution in [0.4, 0.5) is 0 Å². The molecule has 0 aromatic heterocycles. The SMILES string of the molecule is COc1ccc([C@@H]2CNC[C@H]2COc2ccc3c(c2)C(=O)N=C3)cc1.Cl. The number of hydrogen-bond acceptors (Lipinski definition) is 4. The molecule has 5 nitrogen and oxygen atoms in total. The summed E-state index contributed by atoms with van der Waals surface area (Å²) in [6, 6.07) is 13.8. The molecule has 0 spiro atoms. The fraction of sp³-hybridized carbons (Fsp3) is 0.300. The molecule has 0 saturated carbocycles. The van der Waals surface area contributed by atoms with E-state index in [0.29, 0.717) is 24.0 Å². The standard InChI is InChI=1S/C20H20N2O3.ClH/c1-24-16-5-2-13(3-6-16)19-11-21-9-15(19)12-25-17-7-4-14-10-22-20(23)18(14)8-17;/h2-8,10,15,19,21H,9,11-12H2,1H3;1H/t15-,19-;/m0./s1. The smallest absolute Gasteiger partial charge is 0.277 e. The second-order valence-electron chi connectivity index (χ2n) is 6.42. The Morgan fingerprint density at radius 1 is 1.12 bits per heavy atom. The highest BCUT2D eigenvalue weighted by atomic mass is 35.5. The number of nitrogens with zero attached hydrogens (tertiary/aromatic N) is 1. The van der Waals surface area contributed by atoms with Crippen molar-refractivity contribution in [1.82, 2.24) is 5.32 Å². The summed E-state index contributed by atoms with van der Waals surface area (Å²) in [5, 5.41) is 3.45. The highest BCUT2D eigenvalue weighted by Crippen LogP contribution is 2.30. The van der Waals surface area contributed by atoms with Crippen LogP contribution in [0.5, 0.6) is 11.5 Å². The molecule has 0 aliphatic carbocycles. The number of halogens is 1. The molecule has 26 heavy (non-hydrogen) atoms. The first-order valence-corrected chi connectivity index (χ1v) is 8.44. The number of aliphatic imine (C=N–C) groups is 1. The van der Waals surface area contributed by atoms with Crippen LogP contribution < -0.4 is 14.8 Å². The van der Waals surface area contributed by atoms with Gasteiger partial charge in [-0.05, 0) is 35.9 Å². The third-order valence-electron chi connectivity index (χ3n) is 4.92. The molecule has 2 aliphatic heterocycles. The molecule has 1 saturated heterocycles. The van der Waals surface area contributed by atoms with E-state index in [9.17, 15) is 4.79 Å². The van der Waals surface area contributed by atoms with Crippen LogP contribution in [-0.4, -0.2) is 38.9 Å². The molecule has 0 bridgehead atoms. The lowest BCUT2D eigenvalue weighted by Gasteiger charge is -2.20. The molecule has 2 aliphatic rings. The van der Waals surface area contributed by atoms with E-state index >= 15 is 0 Å². The first-order chi connectivity index (χ1) is 12.2. The summed E-state index contributed by atoms with van der Waals surface area (Å²) in [7, 11) is 1.68. The third kappa shape index (κ3) is 3.59. The van der Waals surface area contributed by atoms with Crippen molar-refractivity contribution in [2.75, 3.05) is 26.8 Å². The van der Waals surface area contributed by atoms with Crippen molar-refractivity contribution in [2.45, 2.75) is 5.92 Å². The van der Waals surface area contributed by atoms with Crippen LogP contribution in [0.25, 0.3) is 0 Å². The van der Waals surface area contributed by atoms with Crippen molar-refractivity contribution < 1.29 is 14.3 Å². The second kappa shape index (κ2) is 7.89. The number of hydrogen-bond donors (Lipinski definition) is 1. The van der Waals surface area contributed by atoms with Gasteiger partial charge >= 0.3 is 0 Å². The number of rotatable bonds is 5. The fourth-order valence-corrected chi connectivity index (χ4v) is 3.47. The predicted octanol–water partition coefficient (Wildman–Crippen LogP) is 3.07. The average Bonchev–Trinajstić information content (AvgIpc) is 3.27. The van der Waals surface area contributed by atoms with Gasteiger partial charge in [0.05, 0.1) is 19.3 Å². The molecular formula is C20H21ClN2O3. The van der Waals surface area contributed by atoms with Crippen molar-refractivity contribution in [1.29, 1.82) is 0 Å². The molecule has 0 radical (unpaired) electrons. The van der Waals surface area contributed by atoms with Crippen molar-refractivity contribution in [2.24, 2.45) is 10.9 Å². The lowest BCUT2D eigenvalue weighted by atomic mass is 9.89. The first kappa shape index (κ1) is 18.4. The Kier molecular flexibility index (Phi) is 5.59. The minimum Gasteiger partial charge on any atom is -0.497 e. The van der Waals surface area contributed by atoms with Crippen LogP contribution in [0.2, 0.25) is 0 Å². The van der Waals surface area contributed by atoms with E-state index in [2.05, 4.69) is 22.4 Å². The van der Waals surface area contributed by atoms with E-state index in [0.717, 1.165) is 30.2 Å². The molecule has 4 rings (SSSR count). The lowest BCUT2D eigenvalue weighted by Crippen LogP contribution is -2.19. The van der Waals surface area contributed by atoms with E-state index in [1.165, 1.54) is 5.56 Å². The van der Waals surface area contributed by atoms with Crippen LogP contribution >= 0.6 is 12.4 Å². The molecule has 1 fully saturated rings. The van der Waals surface area contributed by atoms with Crippen molar-refractivity contribution in [3.63, 3.8) is 0 Å². The maximum atomic E-state index is 11.7. The monoisotopic (exact) mass is 372 g/mol. The Morgan fingerprint density at radius 2 is 1.88 bits per heavy atom. The molecule has 6 heteroatoms. The fourth-order valence-electron chi connectivity index (χ4n) is 3.47. The highest BCUT2D eigenvalue weighted by molar-refractivity contribution is 6.13. The molecule has 1 N–H and O–H groups in total. The zero-order valence-electron chi connectivity index (χ0n) is 14.5. The summed E-state index contributed by atoms with van der Waals surface area (Å²) >= 11 is 0. The normalized spacial score (nSPS) is 20.6. The minimum atomic E-state index is -0.195. The Morgan fingerprint density at radius 3 is 2.65 bits per heavy atom. The summed E-state index contributed by atoms with van der Waals surface area (Å²) in [4.78, 5) is 15.5. The number of carbonyl (C=O) groups is 1. The summed E-state index contributed by atoms with van der Waals surface area (Å²) < 4.78 is 11.2. The van der Waals surface area contributed by atoms with Crippen molar-refractivity contribution in [3.05, 3.63) is 59.2 Å². The molecule has 2 aromatic carbocycles. The molecule has 1 amide bonds. The molecule has 2 atom stereocenters. The van der Waals surface area contributed by atoms with E-state index in [1.807, 2.05) is 24.3 Å². The molecule has 2 heterocycles. The molecular weight excluding hydrogens is 352 g/mol. The summed E-state index contributed by atoms with van der Waals surface area (Å²) in [5.74, 6) is 2.18. The number of benzene rings is 2. The van der Waals surface area contributed by atoms with Crippen LogP contribution in [0.15, 0.2) is 47.5 Å². The van der Waals surface area contributed by atoms with Gasteiger partial charge in [0.2, 0.25) is 0 Å². The maximum Gasteiger partial charge on any atom is 0.277 e. The molecule has 136 valence electrons. The van der Waals surface area contributed by atoms with Gasteiger partial charge in [-0.25, -0.2) is 4.99 Å². The summed E-state index contributed by atoms with van der Waals surface area (Å²) in [5.41, 5.74) is 2.77. The van der Waals surface area contributed by atoms with Gasteiger partial charge in [0.25, 0.3) is 5.91 Å². The van der Waals surface area contributed by atoms with Gasteiger partial charge in [-0.15, -0.1) is 12.4 Å². The van der Waals surface area contributed by atoms with Gasteiger partial charge in [-0.3, -0.25) is 4.79 Å². The largest absolute Gasteiger partial charge is 0.497 e. The Labute approximate surface area is 158 Å². The number of fused-ring (bicyclic) bond motifs is 1. The molecule has 2 aromatic rings. The van der Waals surface area contributed by atoms with Crippen LogP contribution in [0.1, 0.15) is 27.4 Å². The quantitative estimate of drug-likeness (QED) is 0.876. The number of methoxy groups -OCH3 is 1. The number of ether oxygens (including phenoxy) is 2. The Hall–Kier alpha value is -2.37. The second-order valence-corrected chi connectivity index (χ2v) is 6.42. The van der Waals surface area contributed by atoms with Gasteiger partial charge in [-0.1, -0.05) is 12.1 Å². The predicted molar refractivity (Wildman–Crippen MR) is 103 cm³/mol. The van der Waals surface area contributed by atoms with Crippen LogP contribution in [0, 0.1) is 5.92 Å². The van der Waals surface area contributed by atoms with Gasteiger partial charge in [0.15, 0.2) is 0 Å². The lowest BCUT2D eigenvalue weighted by molar-refractivity contribution is 0.101. The van der Waals surface area contributed by atoms with E-state index in [-0.39, 0.29) is 18.3 Å². The van der Waals surface area contributed by atoms with E-state index in [1.54, 1.807) is 19.4 Å². The summed E-state index contributed by atoms with van der Waals surface area (Å²) in [6.07, 6.45) is 1.60. The van der Waals surface area contributed by atoms with Crippen LogP contribution in [0.3, 0.4) is 0 Å². The minimum absolute atomic E-state index is 0. The topological polar surface area (TPSA) is 59.9 Å². The molecule has 0 unspecified atom stereocenters. The Balaban J connectivity index is 0.00000196. The zero-order valence-corrected chi connectivity index (χ0v) is 15.3. The zero-order chi connectivity index (χ0) is 17.2. The van der Waals surface area contributed by atoms with E-state index in [4.69, 9.17) is 9.47 Å². The third-order valence-corrected chi connectivity index (χ3v) is 4.92. The van der Waals surface area contributed by atoms with Crippen molar-refractivity contribution >= 4 is 24.5 Å². The van der Waals surface area contributed by atoms with E-state index < -0.39 is 0 Å². The van der Waals surface area contributed by atoms with Crippen LogP contribution in [-0.2, 0) is 0 Å². The number of nitrogens with one attached hydrogen (secondary N) is 1. The number of amides is 1. The number of carbonyl (C=O) groups excluding carboxylic acids is 1. The first-order valence-electron chi connectivity index (χ1n) is 8.44. The highest BCUT2D eigenvalue weighted by Gasteiger charge is 2.29. The maximum absolute atomic E-state index is 11.7. The summed E-state index contributed by atoms with van der Waals surface area (Å²) in [6.45, 7) is 2.47.